The normalized spacial score (nSPS) is 15.4. The first kappa shape index (κ1) is 16.5. The average Bonchev–Trinajstić information content (AvgIpc) is 3.00. The molecule has 0 spiro atoms. The monoisotopic (exact) mass is 335 g/mol. The summed E-state index contributed by atoms with van der Waals surface area (Å²) in [7, 11) is 3.14. The van der Waals surface area contributed by atoms with E-state index in [2.05, 4.69) is 4.99 Å². The first-order valence-electron chi connectivity index (χ1n) is 7.67. The molecule has 0 bridgehead atoms. The summed E-state index contributed by atoms with van der Waals surface area (Å²) in [5.41, 5.74) is 1.89. The molecule has 1 heterocycles. The minimum Gasteiger partial charge on any atom is -0.497 e. The van der Waals surface area contributed by atoms with Gasteiger partial charge in [-0.3, -0.25) is 0 Å². The van der Waals surface area contributed by atoms with E-state index in [-0.39, 0.29) is 11.6 Å². The zero-order valence-electron chi connectivity index (χ0n) is 13.9. The van der Waals surface area contributed by atoms with Crippen molar-refractivity contribution in [1.29, 1.82) is 0 Å². The number of esters is 1. The van der Waals surface area contributed by atoms with Crippen LogP contribution < -0.4 is 9.47 Å². The number of ether oxygens (including phenoxy) is 3. The lowest BCUT2D eigenvalue weighted by Crippen LogP contribution is -2.01. The third kappa shape index (κ3) is 3.95. The van der Waals surface area contributed by atoms with Crippen LogP contribution in [0.25, 0.3) is 12.2 Å². The zero-order valence-corrected chi connectivity index (χ0v) is 13.9. The van der Waals surface area contributed by atoms with E-state index in [1.807, 2.05) is 36.4 Å². The molecule has 0 atom stereocenters. The molecule has 0 unspecified atom stereocenters. The van der Waals surface area contributed by atoms with E-state index in [1.54, 1.807) is 44.6 Å². The molecule has 0 fully saturated rings. The van der Waals surface area contributed by atoms with E-state index in [0.717, 1.165) is 5.56 Å². The number of aliphatic imine (C=N–C) groups is 1. The number of carbonyl (C=O) groups is 1. The highest BCUT2D eigenvalue weighted by molar-refractivity contribution is 6.11. The van der Waals surface area contributed by atoms with E-state index >= 15 is 0 Å². The Labute approximate surface area is 145 Å². The van der Waals surface area contributed by atoms with Gasteiger partial charge in [-0.1, -0.05) is 30.3 Å². The van der Waals surface area contributed by atoms with Crippen molar-refractivity contribution >= 4 is 24.0 Å². The van der Waals surface area contributed by atoms with Gasteiger partial charge in [0.2, 0.25) is 5.90 Å². The Bertz CT molecular complexity index is 867. The maximum Gasteiger partial charge on any atom is 0.363 e. The lowest BCUT2D eigenvalue weighted by Gasteiger charge is -2.07. The van der Waals surface area contributed by atoms with Crippen LogP contribution in [-0.4, -0.2) is 26.1 Å². The van der Waals surface area contributed by atoms with E-state index < -0.39 is 5.97 Å². The van der Waals surface area contributed by atoms with Gasteiger partial charge < -0.3 is 14.2 Å². The Hall–Kier alpha value is -3.34. The lowest BCUT2D eigenvalue weighted by molar-refractivity contribution is -0.129. The van der Waals surface area contributed by atoms with Crippen LogP contribution in [0.3, 0.4) is 0 Å². The van der Waals surface area contributed by atoms with Gasteiger partial charge in [0.05, 0.1) is 14.2 Å². The van der Waals surface area contributed by atoms with Crippen molar-refractivity contribution < 1.29 is 19.0 Å². The number of carbonyl (C=O) groups excluding carboxylic acids is 1. The van der Waals surface area contributed by atoms with Gasteiger partial charge in [0, 0.05) is 11.6 Å². The topological polar surface area (TPSA) is 57.1 Å². The molecule has 0 saturated carbocycles. The average molecular weight is 335 g/mol. The summed E-state index contributed by atoms with van der Waals surface area (Å²) in [4.78, 5) is 16.3. The van der Waals surface area contributed by atoms with Crippen molar-refractivity contribution in [2.45, 2.75) is 0 Å². The second kappa shape index (κ2) is 7.49. The van der Waals surface area contributed by atoms with Gasteiger partial charge in [-0.15, -0.1) is 0 Å². The summed E-state index contributed by atoms with van der Waals surface area (Å²) < 4.78 is 15.7. The van der Waals surface area contributed by atoms with Crippen LogP contribution >= 0.6 is 0 Å². The van der Waals surface area contributed by atoms with E-state index in [4.69, 9.17) is 14.2 Å². The van der Waals surface area contributed by atoms with Crippen molar-refractivity contribution in [3.05, 3.63) is 71.4 Å². The first-order chi connectivity index (χ1) is 12.2. The maximum atomic E-state index is 12.0. The molecule has 2 aromatic rings. The molecule has 0 radical (unpaired) electrons. The van der Waals surface area contributed by atoms with Gasteiger partial charge in [0.1, 0.15) is 11.5 Å². The van der Waals surface area contributed by atoms with Crippen LogP contribution in [-0.2, 0) is 9.53 Å². The summed E-state index contributed by atoms with van der Waals surface area (Å²) in [5, 5.41) is 0. The van der Waals surface area contributed by atoms with Gasteiger partial charge in [-0.25, -0.2) is 9.79 Å². The third-order valence-electron chi connectivity index (χ3n) is 3.58. The molecule has 5 nitrogen and oxygen atoms in total. The van der Waals surface area contributed by atoms with Gasteiger partial charge in [0.15, 0.2) is 5.70 Å². The van der Waals surface area contributed by atoms with E-state index in [1.165, 1.54) is 0 Å². The maximum absolute atomic E-state index is 12.0. The molecule has 0 aliphatic carbocycles. The fourth-order valence-corrected chi connectivity index (χ4v) is 2.33. The Morgan fingerprint density at radius 1 is 1.00 bits per heavy atom. The summed E-state index contributed by atoms with van der Waals surface area (Å²) >= 11 is 0. The van der Waals surface area contributed by atoms with Crippen molar-refractivity contribution in [3.63, 3.8) is 0 Å². The molecular formula is C20H17NO4. The predicted molar refractivity (Wildman–Crippen MR) is 96.5 cm³/mol. The zero-order chi connectivity index (χ0) is 17.6. The van der Waals surface area contributed by atoms with Gasteiger partial charge in [-0.2, -0.15) is 0 Å². The highest BCUT2D eigenvalue weighted by atomic mass is 16.6. The number of hydrogen-bond acceptors (Lipinski definition) is 5. The number of benzene rings is 2. The van der Waals surface area contributed by atoms with Crippen molar-refractivity contribution in [2.24, 2.45) is 4.99 Å². The summed E-state index contributed by atoms with van der Waals surface area (Å²) in [6.45, 7) is 0. The van der Waals surface area contributed by atoms with Crippen LogP contribution in [0, 0.1) is 0 Å². The molecule has 0 saturated heterocycles. The van der Waals surface area contributed by atoms with E-state index in [0.29, 0.717) is 17.1 Å². The van der Waals surface area contributed by atoms with Crippen LogP contribution in [0.2, 0.25) is 0 Å². The first-order valence-corrected chi connectivity index (χ1v) is 7.67. The third-order valence-corrected chi connectivity index (χ3v) is 3.58. The Balaban J connectivity index is 1.87. The Kier molecular flexibility index (Phi) is 4.95. The highest BCUT2D eigenvalue weighted by Gasteiger charge is 2.21. The van der Waals surface area contributed by atoms with Crippen molar-refractivity contribution in [1.82, 2.24) is 0 Å². The number of rotatable bonds is 5. The molecule has 0 N–H and O–H groups in total. The van der Waals surface area contributed by atoms with Gasteiger partial charge in [0.25, 0.3) is 0 Å². The standard InChI is InChI=1S/C20H17NO4/c1-23-16-9-10-18(24-2)15(12-16)13-17-20(22)25-19(21-17)11-8-14-6-4-3-5-7-14/h3-13H,1-2H3. The fourth-order valence-electron chi connectivity index (χ4n) is 2.33. The fraction of sp³-hybridized carbons (Fsp3) is 0.100. The number of cyclic esters (lactones) is 1. The lowest BCUT2D eigenvalue weighted by atomic mass is 10.1. The molecule has 0 amide bonds. The minimum atomic E-state index is -0.502. The second-order valence-corrected chi connectivity index (χ2v) is 5.22. The molecule has 5 heteroatoms. The van der Waals surface area contributed by atoms with Gasteiger partial charge >= 0.3 is 5.97 Å². The number of nitrogens with zero attached hydrogens (tertiary/aromatic N) is 1. The van der Waals surface area contributed by atoms with Crippen molar-refractivity contribution in [3.8, 4) is 11.5 Å². The number of methoxy groups -OCH3 is 2. The Morgan fingerprint density at radius 2 is 1.80 bits per heavy atom. The second-order valence-electron chi connectivity index (χ2n) is 5.22. The van der Waals surface area contributed by atoms with Crippen LogP contribution in [0.5, 0.6) is 11.5 Å². The molecule has 0 aromatic heterocycles. The number of hydrogen-bond donors (Lipinski definition) is 0. The molecule has 126 valence electrons. The van der Waals surface area contributed by atoms with Crippen LogP contribution in [0.4, 0.5) is 0 Å². The summed E-state index contributed by atoms with van der Waals surface area (Å²) in [6.07, 6.45) is 5.12. The predicted octanol–water partition coefficient (Wildman–Crippen LogP) is 3.71. The molecule has 2 aromatic carbocycles. The quantitative estimate of drug-likeness (QED) is 0.617. The van der Waals surface area contributed by atoms with E-state index in [9.17, 15) is 4.79 Å². The molecule has 1 aliphatic heterocycles. The molecule has 25 heavy (non-hydrogen) atoms. The largest absolute Gasteiger partial charge is 0.497 e. The van der Waals surface area contributed by atoms with Gasteiger partial charge in [-0.05, 0) is 35.9 Å². The summed E-state index contributed by atoms with van der Waals surface area (Å²) in [5.74, 6) is 1.02. The molecule has 3 rings (SSSR count). The van der Waals surface area contributed by atoms with Crippen LogP contribution in [0.15, 0.2) is 65.3 Å². The SMILES string of the molecule is COc1ccc(OC)c(C=C2N=C(C=Cc3ccccc3)OC2=O)c1. The Morgan fingerprint density at radius 3 is 2.52 bits per heavy atom. The molecule has 1 aliphatic rings. The van der Waals surface area contributed by atoms with Crippen molar-refractivity contribution in [2.75, 3.05) is 14.2 Å². The smallest absolute Gasteiger partial charge is 0.363 e. The summed E-state index contributed by atoms with van der Waals surface area (Å²) in [6, 6.07) is 15.0. The van der Waals surface area contributed by atoms with Crippen LogP contribution in [0.1, 0.15) is 11.1 Å². The highest BCUT2D eigenvalue weighted by Crippen LogP contribution is 2.27. The minimum absolute atomic E-state index is 0.208. The molecular weight excluding hydrogens is 318 g/mol.